The minimum atomic E-state index is -0.316. The lowest BCUT2D eigenvalue weighted by Gasteiger charge is -2.06. The van der Waals surface area contributed by atoms with Crippen molar-refractivity contribution < 1.29 is 4.39 Å². The van der Waals surface area contributed by atoms with Crippen molar-refractivity contribution in [3.8, 4) is 0 Å². The fraction of sp³-hybridized carbons (Fsp3) is 0.538. The Kier molecular flexibility index (Phi) is 7.58. The number of unbranched alkanes of at least 4 members (excludes halogenated alkanes) is 3. The van der Waals surface area contributed by atoms with Crippen molar-refractivity contribution in [2.45, 2.75) is 32.2 Å². The smallest absolute Gasteiger partial charge is 0.146 e. The van der Waals surface area contributed by atoms with Crippen LogP contribution in [0.25, 0.3) is 0 Å². The summed E-state index contributed by atoms with van der Waals surface area (Å²) in [5.41, 5.74) is 0.623. The van der Waals surface area contributed by atoms with Gasteiger partial charge < -0.3 is 5.32 Å². The Bertz CT molecular complexity index is 331. The summed E-state index contributed by atoms with van der Waals surface area (Å²) in [5, 5.41) is 3.40. The molecule has 1 aromatic rings. The molecule has 1 aromatic carbocycles. The molecule has 0 unspecified atom stereocenters. The lowest BCUT2D eigenvalue weighted by atomic mass is 10.2. The Morgan fingerprint density at radius 2 is 1.88 bits per heavy atom. The SMILES string of the molecule is Fc1c(Cl)cccc1CNCCCCCCCl. The molecule has 96 valence electrons. The number of hydrogen-bond donors (Lipinski definition) is 1. The summed E-state index contributed by atoms with van der Waals surface area (Å²) < 4.78 is 13.5. The summed E-state index contributed by atoms with van der Waals surface area (Å²) in [4.78, 5) is 0. The van der Waals surface area contributed by atoms with Crippen LogP contribution >= 0.6 is 23.2 Å². The van der Waals surface area contributed by atoms with Gasteiger partial charge in [0.25, 0.3) is 0 Å². The van der Waals surface area contributed by atoms with Gasteiger partial charge in [-0.25, -0.2) is 4.39 Å². The third-order valence-corrected chi connectivity index (χ3v) is 3.14. The molecule has 0 fully saturated rings. The number of alkyl halides is 1. The molecule has 1 nitrogen and oxygen atoms in total. The molecule has 0 saturated heterocycles. The van der Waals surface area contributed by atoms with Gasteiger partial charge in [-0.3, -0.25) is 0 Å². The summed E-state index contributed by atoms with van der Waals surface area (Å²) in [7, 11) is 0. The quantitative estimate of drug-likeness (QED) is 0.550. The van der Waals surface area contributed by atoms with Crippen LogP contribution in [0, 0.1) is 5.82 Å². The first-order chi connectivity index (χ1) is 8.25. The van der Waals surface area contributed by atoms with Gasteiger partial charge in [-0.2, -0.15) is 0 Å². The minimum absolute atomic E-state index is 0.186. The fourth-order valence-corrected chi connectivity index (χ4v) is 1.99. The van der Waals surface area contributed by atoms with Gasteiger partial charge in [-0.15, -0.1) is 11.6 Å². The van der Waals surface area contributed by atoms with E-state index in [0.29, 0.717) is 12.1 Å². The second-order valence-corrected chi connectivity index (χ2v) is 4.78. The zero-order valence-electron chi connectivity index (χ0n) is 9.82. The van der Waals surface area contributed by atoms with Gasteiger partial charge in [0.1, 0.15) is 5.82 Å². The molecule has 17 heavy (non-hydrogen) atoms. The van der Waals surface area contributed by atoms with Gasteiger partial charge in [-0.1, -0.05) is 36.6 Å². The van der Waals surface area contributed by atoms with Crippen molar-refractivity contribution >= 4 is 23.2 Å². The highest BCUT2D eigenvalue weighted by molar-refractivity contribution is 6.30. The van der Waals surface area contributed by atoms with E-state index in [1.165, 1.54) is 0 Å². The third-order valence-electron chi connectivity index (χ3n) is 2.58. The molecule has 0 bridgehead atoms. The molecule has 0 spiro atoms. The number of nitrogens with one attached hydrogen (secondary N) is 1. The normalized spacial score (nSPS) is 10.8. The van der Waals surface area contributed by atoms with E-state index in [9.17, 15) is 4.39 Å². The lowest BCUT2D eigenvalue weighted by Crippen LogP contribution is -2.15. The van der Waals surface area contributed by atoms with Crippen LogP contribution in [-0.2, 0) is 6.54 Å². The Hall–Kier alpha value is -0.310. The number of halogens is 3. The van der Waals surface area contributed by atoms with Crippen molar-refractivity contribution in [2.75, 3.05) is 12.4 Å². The van der Waals surface area contributed by atoms with E-state index >= 15 is 0 Å². The van der Waals surface area contributed by atoms with Gasteiger partial charge in [-0.05, 0) is 25.5 Å². The monoisotopic (exact) mass is 277 g/mol. The van der Waals surface area contributed by atoms with Crippen LogP contribution < -0.4 is 5.32 Å². The van der Waals surface area contributed by atoms with Crippen molar-refractivity contribution in [2.24, 2.45) is 0 Å². The van der Waals surface area contributed by atoms with Gasteiger partial charge in [0.15, 0.2) is 0 Å². The van der Waals surface area contributed by atoms with Crippen molar-refractivity contribution in [3.63, 3.8) is 0 Å². The first-order valence-electron chi connectivity index (χ1n) is 5.95. The maximum absolute atomic E-state index is 13.5. The summed E-state index contributed by atoms with van der Waals surface area (Å²) in [6, 6.07) is 5.08. The van der Waals surface area contributed by atoms with Crippen molar-refractivity contribution in [1.82, 2.24) is 5.32 Å². The number of rotatable bonds is 8. The highest BCUT2D eigenvalue weighted by Gasteiger charge is 2.04. The highest BCUT2D eigenvalue weighted by atomic mass is 35.5. The fourth-order valence-electron chi connectivity index (χ4n) is 1.61. The van der Waals surface area contributed by atoms with Crippen LogP contribution in [0.3, 0.4) is 0 Å². The Balaban J connectivity index is 2.16. The molecule has 1 N–H and O–H groups in total. The predicted molar refractivity (Wildman–Crippen MR) is 72.3 cm³/mol. The van der Waals surface area contributed by atoms with Crippen LogP contribution in [0.5, 0.6) is 0 Å². The predicted octanol–water partition coefficient (Wildman–Crippen LogP) is 4.37. The Morgan fingerprint density at radius 1 is 1.12 bits per heavy atom. The molecule has 0 aliphatic carbocycles. The van der Waals surface area contributed by atoms with Gasteiger partial charge in [0.2, 0.25) is 0 Å². The van der Waals surface area contributed by atoms with Crippen LogP contribution in [-0.4, -0.2) is 12.4 Å². The molecule has 4 heteroatoms. The van der Waals surface area contributed by atoms with E-state index in [1.54, 1.807) is 18.2 Å². The molecule has 0 radical (unpaired) electrons. The average Bonchev–Trinajstić information content (AvgIpc) is 2.33. The average molecular weight is 278 g/mol. The molecule has 0 aromatic heterocycles. The molecule has 0 saturated carbocycles. The summed E-state index contributed by atoms with van der Waals surface area (Å²) in [5.74, 6) is 0.421. The zero-order valence-corrected chi connectivity index (χ0v) is 11.3. The first-order valence-corrected chi connectivity index (χ1v) is 6.86. The molecule has 0 heterocycles. The molecule has 0 aliphatic rings. The maximum Gasteiger partial charge on any atom is 0.146 e. The first kappa shape index (κ1) is 14.7. The summed E-state index contributed by atoms with van der Waals surface area (Å²) in [6.07, 6.45) is 4.50. The number of benzene rings is 1. The molecule has 0 aliphatic heterocycles. The standard InChI is InChI=1S/C13H18Cl2FN/c14-8-3-1-2-4-9-17-10-11-6-5-7-12(15)13(11)16/h5-7,17H,1-4,8-10H2. The second kappa shape index (κ2) is 8.73. The maximum atomic E-state index is 13.5. The largest absolute Gasteiger partial charge is 0.313 e. The van der Waals surface area contributed by atoms with Crippen LogP contribution in [0.15, 0.2) is 18.2 Å². The summed E-state index contributed by atoms with van der Waals surface area (Å²) in [6.45, 7) is 1.43. The third kappa shape index (κ3) is 5.71. The molecule has 1 rings (SSSR count). The van der Waals surface area contributed by atoms with E-state index in [0.717, 1.165) is 38.1 Å². The molecule has 0 amide bonds. The topological polar surface area (TPSA) is 12.0 Å². The van der Waals surface area contributed by atoms with Gasteiger partial charge in [0.05, 0.1) is 5.02 Å². The van der Waals surface area contributed by atoms with Crippen LogP contribution in [0.1, 0.15) is 31.2 Å². The van der Waals surface area contributed by atoms with Crippen molar-refractivity contribution in [3.05, 3.63) is 34.6 Å². The lowest BCUT2D eigenvalue weighted by molar-refractivity contribution is 0.568. The van der Waals surface area contributed by atoms with Crippen molar-refractivity contribution in [1.29, 1.82) is 0 Å². The second-order valence-electron chi connectivity index (χ2n) is 3.99. The van der Waals surface area contributed by atoms with Crippen LogP contribution in [0.4, 0.5) is 4.39 Å². The van der Waals surface area contributed by atoms with Gasteiger partial charge in [0, 0.05) is 18.0 Å². The minimum Gasteiger partial charge on any atom is -0.313 e. The zero-order chi connectivity index (χ0) is 12.5. The van der Waals surface area contributed by atoms with E-state index in [2.05, 4.69) is 5.32 Å². The van der Waals surface area contributed by atoms with Gasteiger partial charge >= 0.3 is 0 Å². The van der Waals surface area contributed by atoms with Crippen LogP contribution in [0.2, 0.25) is 5.02 Å². The van der Waals surface area contributed by atoms with E-state index in [4.69, 9.17) is 23.2 Å². The van der Waals surface area contributed by atoms with E-state index < -0.39 is 0 Å². The number of hydrogen-bond acceptors (Lipinski definition) is 1. The highest BCUT2D eigenvalue weighted by Crippen LogP contribution is 2.17. The molecular weight excluding hydrogens is 260 g/mol. The Morgan fingerprint density at radius 3 is 2.65 bits per heavy atom. The molecular formula is C13H18Cl2FN. The Labute approximate surface area is 112 Å². The summed E-state index contributed by atoms with van der Waals surface area (Å²) >= 11 is 11.3. The van der Waals surface area contributed by atoms with E-state index in [-0.39, 0.29) is 10.8 Å². The molecule has 0 atom stereocenters. The van der Waals surface area contributed by atoms with E-state index in [1.807, 2.05) is 0 Å².